The van der Waals surface area contributed by atoms with E-state index in [9.17, 15) is 5.11 Å². The Morgan fingerprint density at radius 1 is 1.69 bits per heavy atom. The number of nitrogens with one attached hydrogen (secondary N) is 2. The molecule has 3 heteroatoms. The van der Waals surface area contributed by atoms with Gasteiger partial charge in [0, 0.05) is 17.3 Å². The molecule has 0 spiro atoms. The predicted octanol–water partition coefficient (Wildman–Crippen LogP) is 1.05. The molecule has 2 rings (SSSR count). The second-order valence-corrected chi connectivity index (χ2v) is 3.87. The molecule has 1 atom stereocenters. The van der Waals surface area contributed by atoms with Crippen molar-refractivity contribution < 1.29 is 5.11 Å². The predicted molar refractivity (Wildman–Crippen MR) is 51.3 cm³/mol. The van der Waals surface area contributed by atoms with E-state index >= 15 is 0 Å². The number of hydrogen-bond acceptors (Lipinski definition) is 2. The van der Waals surface area contributed by atoms with Gasteiger partial charge in [0.25, 0.3) is 0 Å². The van der Waals surface area contributed by atoms with Gasteiger partial charge in [-0.3, -0.25) is 0 Å². The molecule has 0 aromatic carbocycles. The number of rotatable bonds is 4. The number of hydrogen-bond donors (Lipinski definition) is 3. The van der Waals surface area contributed by atoms with Crippen molar-refractivity contribution in [1.82, 2.24) is 10.3 Å². The number of aliphatic hydroxyl groups is 1. The second kappa shape index (κ2) is 3.16. The topological polar surface area (TPSA) is 48.0 Å². The molecule has 1 aromatic heterocycles. The molecule has 1 saturated carbocycles. The van der Waals surface area contributed by atoms with Gasteiger partial charge in [-0.1, -0.05) is 0 Å². The Bertz CT molecular complexity index is 264. The average molecular weight is 180 g/mol. The van der Waals surface area contributed by atoms with Crippen LogP contribution in [0.5, 0.6) is 0 Å². The van der Waals surface area contributed by atoms with Crippen LogP contribution >= 0.6 is 0 Å². The molecule has 1 unspecified atom stereocenters. The zero-order valence-electron chi connectivity index (χ0n) is 7.88. The van der Waals surface area contributed by atoms with E-state index in [0.717, 1.165) is 12.8 Å². The zero-order valence-corrected chi connectivity index (χ0v) is 7.88. The lowest BCUT2D eigenvalue weighted by Gasteiger charge is -2.23. The Hall–Kier alpha value is -0.800. The van der Waals surface area contributed by atoms with Crippen LogP contribution in [0.3, 0.4) is 0 Å². The first-order valence-electron chi connectivity index (χ1n) is 4.74. The SMILES string of the molecule is CNC(c1ccc[nH]1)C1(CO)CC1. The van der Waals surface area contributed by atoms with Crippen LogP contribution in [0.15, 0.2) is 18.3 Å². The molecule has 1 heterocycles. The highest BCUT2D eigenvalue weighted by atomic mass is 16.3. The molecule has 0 radical (unpaired) electrons. The van der Waals surface area contributed by atoms with Crippen LogP contribution in [-0.2, 0) is 0 Å². The van der Waals surface area contributed by atoms with E-state index < -0.39 is 0 Å². The quantitative estimate of drug-likeness (QED) is 0.648. The van der Waals surface area contributed by atoms with E-state index in [2.05, 4.69) is 16.4 Å². The maximum absolute atomic E-state index is 9.30. The summed E-state index contributed by atoms with van der Waals surface area (Å²) < 4.78 is 0. The molecule has 1 fully saturated rings. The normalized spacial score (nSPS) is 21.4. The molecule has 0 amide bonds. The van der Waals surface area contributed by atoms with Crippen molar-refractivity contribution in [1.29, 1.82) is 0 Å². The van der Waals surface area contributed by atoms with Gasteiger partial charge in [-0.15, -0.1) is 0 Å². The first kappa shape index (κ1) is 8.78. The van der Waals surface area contributed by atoms with Crippen LogP contribution in [0.25, 0.3) is 0 Å². The van der Waals surface area contributed by atoms with E-state index in [1.807, 2.05) is 19.3 Å². The third-order valence-corrected chi connectivity index (χ3v) is 3.04. The molecule has 0 saturated heterocycles. The highest BCUT2D eigenvalue weighted by Crippen LogP contribution is 2.53. The summed E-state index contributed by atoms with van der Waals surface area (Å²) in [6, 6.07) is 4.33. The van der Waals surface area contributed by atoms with Crippen molar-refractivity contribution in [2.45, 2.75) is 18.9 Å². The molecule has 0 bridgehead atoms. The van der Waals surface area contributed by atoms with E-state index in [1.165, 1.54) is 5.69 Å². The molecule has 0 aliphatic heterocycles. The molecule has 1 aromatic rings. The minimum Gasteiger partial charge on any atom is -0.396 e. The number of aromatic nitrogens is 1. The van der Waals surface area contributed by atoms with Crippen molar-refractivity contribution in [3.63, 3.8) is 0 Å². The monoisotopic (exact) mass is 180 g/mol. The Kier molecular flexibility index (Phi) is 2.14. The molecule has 3 N–H and O–H groups in total. The van der Waals surface area contributed by atoms with E-state index in [0.29, 0.717) is 0 Å². The zero-order chi connectivity index (χ0) is 9.31. The molecular weight excluding hydrogens is 164 g/mol. The van der Waals surface area contributed by atoms with Crippen molar-refractivity contribution in [3.05, 3.63) is 24.0 Å². The summed E-state index contributed by atoms with van der Waals surface area (Å²) in [6.07, 6.45) is 4.16. The van der Waals surface area contributed by atoms with Gasteiger partial charge in [0.2, 0.25) is 0 Å². The fourth-order valence-electron chi connectivity index (χ4n) is 2.01. The molecule has 13 heavy (non-hydrogen) atoms. The molecule has 3 nitrogen and oxygen atoms in total. The Morgan fingerprint density at radius 2 is 2.46 bits per heavy atom. The Balaban J connectivity index is 2.19. The Labute approximate surface area is 78.2 Å². The molecule has 1 aliphatic carbocycles. The van der Waals surface area contributed by atoms with Crippen LogP contribution in [0, 0.1) is 5.41 Å². The molecular formula is C10H16N2O. The van der Waals surface area contributed by atoms with Crippen LogP contribution < -0.4 is 5.32 Å². The summed E-state index contributed by atoms with van der Waals surface area (Å²) in [6.45, 7) is 0.275. The first-order valence-corrected chi connectivity index (χ1v) is 4.74. The summed E-state index contributed by atoms with van der Waals surface area (Å²) in [4.78, 5) is 3.19. The van der Waals surface area contributed by atoms with Crippen molar-refractivity contribution >= 4 is 0 Å². The average Bonchev–Trinajstić information content (AvgIpc) is 2.75. The second-order valence-electron chi connectivity index (χ2n) is 3.87. The lowest BCUT2D eigenvalue weighted by molar-refractivity contribution is 0.174. The van der Waals surface area contributed by atoms with Crippen LogP contribution in [0.2, 0.25) is 0 Å². The third kappa shape index (κ3) is 1.38. The highest BCUT2D eigenvalue weighted by Gasteiger charge is 2.49. The van der Waals surface area contributed by atoms with Gasteiger partial charge < -0.3 is 15.4 Å². The number of aromatic amines is 1. The van der Waals surface area contributed by atoms with Crippen LogP contribution in [0.1, 0.15) is 24.6 Å². The maximum atomic E-state index is 9.30. The fourth-order valence-corrected chi connectivity index (χ4v) is 2.01. The summed E-state index contributed by atoms with van der Waals surface area (Å²) in [7, 11) is 1.95. The summed E-state index contributed by atoms with van der Waals surface area (Å²) >= 11 is 0. The van der Waals surface area contributed by atoms with Gasteiger partial charge in [-0.2, -0.15) is 0 Å². The minimum atomic E-state index is 0.0968. The van der Waals surface area contributed by atoms with Crippen molar-refractivity contribution in [2.24, 2.45) is 5.41 Å². The smallest absolute Gasteiger partial charge is 0.0549 e. The van der Waals surface area contributed by atoms with E-state index in [-0.39, 0.29) is 18.1 Å². The van der Waals surface area contributed by atoms with Gasteiger partial charge in [0.15, 0.2) is 0 Å². The Morgan fingerprint density at radius 3 is 2.85 bits per heavy atom. The maximum Gasteiger partial charge on any atom is 0.0549 e. The summed E-state index contributed by atoms with van der Waals surface area (Å²) in [5.74, 6) is 0. The van der Waals surface area contributed by atoms with Crippen LogP contribution in [-0.4, -0.2) is 23.7 Å². The van der Waals surface area contributed by atoms with Gasteiger partial charge >= 0.3 is 0 Å². The van der Waals surface area contributed by atoms with Gasteiger partial charge in [0.1, 0.15) is 0 Å². The largest absolute Gasteiger partial charge is 0.396 e. The molecule has 1 aliphatic rings. The number of H-pyrrole nitrogens is 1. The first-order chi connectivity index (χ1) is 6.32. The van der Waals surface area contributed by atoms with Crippen LogP contribution in [0.4, 0.5) is 0 Å². The molecule has 72 valence electrons. The fraction of sp³-hybridized carbons (Fsp3) is 0.600. The number of aliphatic hydroxyl groups excluding tert-OH is 1. The van der Waals surface area contributed by atoms with Crippen molar-refractivity contribution in [3.8, 4) is 0 Å². The van der Waals surface area contributed by atoms with Gasteiger partial charge in [-0.25, -0.2) is 0 Å². The third-order valence-electron chi connectivity index (χ3n) is 3.04. The van der Waals surface area contributed by atoms with Gasteiger partial charge in [0.05, 0.1) is 12.6 Å². The van der Waals surface area contributed by atoms with Crippen molar-refractivity contribution in [2.75, 3.05) is 13.7 Å². The highest BCUT2D eigenvalue weighted by molar-refractivity contribution is 5.17. The van der Waals surface area contributed by atoms with E-state index in [1.54, 1.807) is 0 Å². The van der Waals surface area contributed by atoms with Gasteiger partial charge in [-0.05, 0) is 32.0 Å². The summed E-state index contributed by atoms with van der Waals surface area (Å²) in [5.41, 5.74) is 1.27. The minimum absolute atomic E-state index is 0.0968. The lowest BCUT2D eigenvalue weighted by atomic mass is 9.95. The summed E-state index contributed by atoms with van der Waals surface area (Å²) in [5, 5.41) is 12.6. The standard InChI is InChI=1S/C10H16N2O/c1-11-9(8-3-2-6-12-8)10(7-13)4-5-10/h2-3,6,9,11-13H,4-5,7H2,1H3. The lowest BCUT2D eigenvalue weighted by Crippen LogP contribution is -2.29. The van der Waals surface area contributed by atoms with E-state index in [4.69, 9.17) is 0 Å².